The number of rotatable bonds is 3. The number of nitrogens with zero attached hydrogens (tertiary/aromatic N) is 2. The van der Waals surface area contributed by atoms with Gasteiger partial charge in [0.25, 0.3) is 0 Å². The number of aromatic nitrogens is 2. The van der Waals surface area contributed by atoms with E-state index in [9.17, 15) is 0 Å². The van der Waals surface area contributed by atoms with Crippen LogP contribution in [0.15, 0.2) is 6.20 Å². The summed E-state index contributed by atoms with van der Waals surface area (Å²) in [5.41, 5.74) is 0. The number of nitrogens with one attached hydrogen (secondary N) is 1. The molecule has 0 aromatic carbocycles. The Labute approximate surface area is 87.8 Å². The zero-order chi connectivity index (χ0) is 9.80. The van der Waals surface area contributed by atoms with E-state index >= 15 is 0 Å². The molecule has 1 saturated heterocycles. The van der Waals surface area contributed by atoms with Crippen LogP contribution in [0.1, 0.15) is 23.8 Å². The molecule has 14 heavy (non-hydrogen) atoms. The first kappa shape index (κ1) is 10.0. The third-order valence-corrected chi connectivity index (χ3v) is 3.41. The quantitative estimate of drug-likeness (QED) is 0.820. The minimum absolute atomic E-state index is 0.357. The third kappa shape index (κ3) is 2.10. The topological polar surface area (TPSA) is 47.0 Å². The molecule has 0 saturated carbocycles. The highest BCUT2D eigenvalue weighted by Gasteiger charge is 2.25. The van der Waals surface area contributed by atoms with Gasteiger partial charge in [-0.1, -0.05) is 4.49 Å². The first-order valence-corrected chi connectivity index (χ1v) is 5.71. The fourth-order valence-electron chi connectivity index (χ4n) is 1.95. The van der Waals surface area contributed by atoms with Gasteiger partial charge in [0.2, 0.25) is 0 Å². The van der Waals surface area contributed by atoms with Crippen molar-refractivity contribution in [2.75, 3.05) is 20.3 Å². The molecule has 1 aromatic rings. The molecular weight excluding hydrogens is 198 g/mol. The molecule has 0 radical (unpaired) electrons. The Morgan fingerprint density at radius 3 is 3.21 bits per heavy atom. The van der Waals surface area contributed by atoms with Gasteiger partial charge >= 0.3 is 0 Å². The van der Waals surface area contributed by atoms with Gasteiger partial charge in [-0.25, -0.2) is 0 Å². The van der Waals surface area contributed by atoms with Crippen LogP contribution in [-0.4, -0.2) is 29.8 Å². The van der Waals surface area contributed by atoms with Gasteiger partial charge in [-0.3, -0.25) is 0 Å². The Kier molecular flexibility index (Phi) is 3.44. The van der Waals surface area contributed by atoms with Gasteiger partial charge in [-0.2, -0.15) is 0 Å². The summed E-state index contributed by atoms with van der Waals surface area (Å²) in [6.45, 7) is 1.76. The number of hydrogen-bond donors (Lipinski definition) is 1. The first-order chi connectivity index (χ1) is 6.92. The molecule has 78 valence electrons. The van der Waals surface area contributed by atoms with Gasteiger partial charge in [0.15, 0.2) is 0 Å². The van der Waals surface area contributed by atoms with E-state index < -0.39 is 0 Å². The monoisotopic (exact) mass is 213 g/mol. The molecular formula is C9H15N3OS. The lowest BCUT2D eigenvalue weighted by molar-refractivity contribution is 0.0407. The third-order valence-electron chi connectivity index (χ3n) is 2.66. The van der Waals surface area contributed by atoms with Gasteiger partial charge in [-0.15, -0.1) is 5.10 Å². The molecule has 1 N–H and O–H groups in total. The maximum atomic E-state index is 5.49. The summed E-state index contributed by atoms with van der Waals surface area (Å²) in [6.07, 6.45) is 4.24. The molecule has 0 bridgehead atoms. The van der Waals surface area contributed by atoms with E-state index in [0.29, 0.717) is 12.0 Å². The summed E-state index contributed by atoms with van der Waals surface area (Å²) < 4.78 is 9.38. The fraction of sp³-hybridized carbons (Fsp3) is 0.778. The van der Waals surface area contributed by atoms with Gasteiger partial charge < -0.3 is 10.1 Å². The van der Waals surface area contributed by atoms with Crippen LogP contribution in [0, 0.1) is 5.92 Å². The van der Waals surface area contributed by atoms with Crippen LogP contribution >= 0.6 is 11.5 Å². The largest absolute Gasteiger partial charge is 0.381 e. The second kappa shape index (κ2) is 4.82. The molecule has 1 aliphatic heterocycles. The Bertz CT molecular complexity index is 259. The molecule has 5 heteroatoms. The summed E-state index contributed by atoms with van der Waals surface area (Å²) in [7, 11) is 1.99. The summed E-state index contributed by atoms with van der Waals surface area (Å²) in [5.74, 6) is 0.566. The summed E-state index contributed by atoms with van der Waals surface area (Å²) in [6, 6.07) is 0.357. The van der Waals surface area contributed by atoms with Gasteiger partial charge in [0.1, 0.15) is 0 Å². The van der Waals surface area contributed by atoms with Crippen molar-refractivity contribution >= 4 is 11.5 Å². The average molecular weight is 213 g/mol. The van der Waals surface area contributed by atoms with Gasteiger partial charge in [0.05, 0.1) is 17.7 Å². The van der Waals surface area contributed by atoms with E-state index in [0.717, 1.165) is 19.6 Å². The van der Waals surface area contributed by atoms with Gasteiger partial charge in [0, 0.05) is 18.6 Å². The molecule has 2 rings (SSSR count). The van der Waals surface area contributed by atoms with Crippen LogP contribution < -0.4 is 5.32 Å². The molecule has 0 spiro atoms. The predicted octanol–water partition coefficient (Wildman–Crippen LogP) is 1.23. The van der Waals surface area contributed by atoms with E-state index in [1.807, 2.05) is 13.2 Å². The van der Waals surface area contributed by atoms with Crippen LogP contribution in [0.25, 0.3) is 0 Å². The molecule has 1 aromatic heterocycles. The highest BCUT2D eigenvalue weighted by atomic mass is 32.1. The summed E-state index contributed by atoms with van der Waals surface area (Å²) in [4.78, 5) is 1.21. The standard InChI is InChI=1S/C9H15N3OS/c1-10-9(8-5-11-12-14-8)7-3-2-4-13-6-7/h5,7,9-10H,2-4,6H2,1H3. The van der Waals surface area contributed by atoms with Crippen molar-refractivity contribution in [3.05, 3.63) is 11.1 Å². The maximum absolute atomic E-state index is 5.49. The van der Waals surface area contributed by atoms with E-state index in [4.69, 9.17) is 4.74 Å². The lowest BCUT2D eigenvalue weighted by atomic mass is 9.93. The zero-order valence-corrected chi connectivity index (χ0v) is 9.09. The molecule has 2 unspecified atom stereocenters. The molecule has 0 aliphatic carbocycles. The van der Waals surface area contributed by atoms with Crippen molar-refractivity contribution in [2.45, 2.75) is 18.9 Å². The highest BCUT2D eigenvalue weighted by molar-refractivity contribution is 7.05. The van der Waals surface area contributed by atoms with E-state index in [2.05, 4.69) is 14.9 Å². The van der Waals surface area contributed by atoms with Crippen LogP contribution in [0.4, 0.5) is 0 Å². The van der Waals surface area contributed by atoms with Gasteiger partial charge in [-0.05, 0) is 31.4 Å². The first-order valence-electron chi connectivity index (χ1n) is 4.94. The van der Waals surface area contributed by atoms with Crippen LogP contribution in [-0.2, 0) is 4.74 Å². The van der Waals surface area contributed by atoms with Crippen molar-refractivity contribution in [2.24, 2.45) is 5.92 Å². The SMILES string of the molecule is CNC(c1cnns1)C1CCCOC1. The van der Waals surface area contributed by atoms with E-state index in [1.54, 1.807) is 0 Å². The zero-order valence-electron chi connectivity index (χ0n) is 8.27. The van der Waals surface area contributed by atoms with E-state index in [-0.39, 0.29) is 0 Å². The second-order valence-electron chi connectivity index (χ2n) is 3.56. The molecule has 2 heterocycles. The molecule has 1 fully saturated rings. The fourth-order valence-corrected chi connectivity index (χ4v) is 2.66. The molecule has 2 atom stereocenters. The van der Waals surface area contributed by atoms with Crippen molar-refractivity contribution in [3.63, 3.8) is 0 Å². The number of ether oxygens (including phenoxy) is 1. The van der Waals surface area contributed by atoms with Crippen molar-refractivity contribution in [1.29, 1.82) is 0 Å². The van der Waals surface area contributed by atoms with Crippen molar-refractivity contribution in [3.8, 4) is 0 Å². The maximum Gasteiger partial charge on any atom is 0.0669 e. The van der Waals surface area contributed by atoms with Crippen molar-refractivity contribution < 1.29 is 4.74 Å². The second-order valence-corrected chi connectivity index (χ2v) is 4.38. The Balaban J connectivity index is 2.04. The average Bonchev–Trinajstić information content (AvgIpc) is 2.74. The predicted molar refractivity (Wildman–Crippen MR) is 55.3 cm³/mol. The minimum Gasteiger partial charge on any atom is -0.381 e. The molecule has 4 nitrogen and oxygen atoms in total. The van der Waals surface area contributed by atoms with E-state index in [1.165, 1.54) is 22.8 Å². The Hall–Kier alpha value is -0.520. The Morgan fingerprint density at radius 1 is 1.71 bits per heavy atom. The lowest BCUT2D eigenvalue weighted by Crippen LogP contribution is -2.30. The minimum atomic E-state index is 0.357. The summed E-state index contributed by atoms with van der Waals surface area (Å²) in [5, 5.41) is 7.20. The highest BCUT2D eigenvalue weighted by Crippen LogP contribution is 2.29. The van der Waals surface area contributed by atoms with Crippen LogP contribution in [0.5, 0.6) is 0 Å². The normalized spacial score (nSPS) is 24.8. The summed E-state index contributed by atoms with van der Waals surface area (Å²) >= 11 is 1.47. The van der Waals surface area contributed by atoms with Crippen molar-refractivity contribution in [1.82, 2.24) is 14.9 Å². The molecule has 1 aliphatic rings. The number of hydrogen-bond acceptors (Lipinski definition) is 5. The molecule has 0 amide bonds. The lowest BCUT2D eigenvalue weighted by Gasteiger charge is -2.28. The smallest absolute Gasteiger partial charge is 0.0669 e. The van der Waals surface area contributed by atoms with Crippen LogP contribution in [0.3, 0.4) is 0 Å². The van der Waals surface area contributed by atoms with Crippen LogP contribution in [0.2, 0.25) is 0 Å². The Morgan fingerprint density at radius 2 is 2.64 bits per heavy atom.